The zero-order valence-corrected chi connectivity index (χ0v) is 15.3. The molecule has 2 heterocycles. The summed E-state index contributed by atoms with van der Waals surface area (Å²) in [4.78, 5) is 28.1. The van der Waals surface area contributed by atoms with Crippen LogP contribution in [0.5, 0.6) is 0 Å². The highest BCUT2D eigenvalue weighted by Crippen LogP contribution is 2.21. The summed E-state index contributed by atoms with van der Waals surface area (Å²) in [6, 6.07) is 1.23. The number of aromatic nitrogens is 1. The third kappa shape index (κ3) is 4.61. The molecule has 9 heteroatoms. The van der Waals surface area contributed by atoms with Crippen LogP contribution in [0.2, 0.25) is 0 Å². The quantitative estimate of drug-likeness (QED) is 0.511. The standard InChI is InChI=1S/C17H23N3O5S/c1-3-7-19(8-4-2)16(21)13-25-17(22)15-11-14(12-18-15)26(23,24)20-9-5-6-10-20/h3-4,11-12,18H,1-2,5-10,13H2. The van der Waals surface area contributed by atoms with E-state index in [0.717, 1.165) is 12.8 Å². The molecule has 2 rings (SSSR count). The lowest BCUT2D eigenvalue weighted by atomic mass is 10.4. The molecule has 0 aliphatic carbocycles. The van der Waals surface area contributed by atoms with E-state index in [4.69, 9.17) is 4.74 Å². The van der Waals surface area contributed by atoms with Crippen LogP contribution < -0.4 is 0 Å². The fraction of sp³-hybridized carbons (Fsp3) is 0.412. The smallest absolute Gasteiger partial charge is 0.355 e. The number of amides is 1. The van der Waals surface area contributed by atoms with E-state index >= 15 is 0 Å². The van der Waals surface area contributed by atoms with Crippen LogP contribution in [0.15, 0.2) is 42.5 Å². The maximum absolute atomic E-state index is 12.4. The summed E-state index contributed by atoms with van der Waals surface area (Å²) in [6.45, 7) is 8.25. The maximum atomic E-state index is 12.4. The van der Waals surface area contributed by atoms with Crippen molar-refractivity contribution in [2.24, 2.45) is 0 Å². The molecular formula is C17H23N3O5S. The predicted molar refractivity (Wildman–Crippen MR) is 96.0 cm³/mol. The molecule has 0 bridgehead atoms. The van der Waals surface area contributed by atoms with Gasteiger partial charge in [0.1, 0.15) is 10.6 Å². The van der Waals surface area contributed by atoms with Gasteiger partial charge in [-0.1, -0.05) is 12.2 Å². The van der Waals surface area contributed by atoms with Crippen molar-refractivity contribution in [2.75, 3.05) is 32.8 Å². The molecule has 8 nitrogen and oxygen atoms in total. The van der Waals surface area contributed by atoms with E-state index < -0.39 is 28.5 Å². The molecule has 1 aromatic rings. The molecule has 1 fully saturated rings. The fourth-order valence-corrected chi connectivity index (χ4v) is 4.12. The number of hydrogen-bond donors (Lipinski definition) is 1. The van der Waals surface area contributed by atoms with Crippen LogP contribution in [0.1, 0.15) is 23.3 Å². The number of rotatable bonds is 9. The molecule has 0 unspecified atom stereocenters. The van der Waals surface area contributed by atoms with Crippen molar-refractivity contribution < 1.29 is 22.7 Å². The van der Waals surface area contributed by atoms with E-state index in [2.05, 4.69) is 18.1 Å². The first kappa shape index (κ1) is 19.9. The minimum absolute atomic E-state index is 0.0117. The van der Waals surface area contributed by atoms with Gasteiger partial charge in [0, 0.05) is 32.4 Å². The van der Waals surface area contributed by atoms with Gasteiger partial charge < -0.3 is 14.6 Å². The molecule has 1 aromatic heterocycles. The first-order valence-corrected chi connectivity index (χ1v) is 9.69. The largest absolute Gasteiger partial charge is 0.451 e. The lowest BCUT2D eigenvalue weighted by Crippen LogP contribution is -2.35. The summed E-state index contributed by atoms with van der Waals surface area (Å²) >= 11 is 0. The molecular weight excluding hydrogens is 358 g/mol. The molecule has 1 saturated heterocycles. The van der Waals surface area contributed by atoms with Crippen LogP contribution in [0.25, 0.3) is 0 Å². The monoisotopic (exact) mass is 381 g/mol. The minimum atomic E-state index is -3.61. The molecule has 1 N–H and O–H groups in total. The third-order valence-corrected chi connectivity index (χ3v) is 5.83. The van der Waals surface area contributed by atoms with Crippen molar-refractivity contribution in [2.45, 2.75) is 17.7 Å². The van der Waals surface area contributed by atoms with Crippen LogP contribution in [-0.2, 0) is 19.6 Å². The third-order valence-electron chi connectivity index (χ3n) is 3.96. The molecule has 1 amide bonds. The Labute approximate surface area is 153 Å². The zero-order chi connectivity index (χ0) is 19.2. The van der Waals surface area contributed by atoms with Crippen molar-refractivity contribution in [3.05, 3.63) is 43.3 Å². The molecule has 0 aromatic carbocycles. The molecule has 142 valence electrons. The van der Waals surface area contributed by atoms with Gasteiger partial charge in [0.05, 0.1) is 0 Å². The second-order valence-corrected chi connectivity index (χ2v) is 7.75. The second kappa shape index (κ2) is 8.81. The Morgan fingerprint density at radius 1 is 1.23 bits per heavy atom. The average Bonchev–Trinajstić information content (AvgIpc) is 3.31. The van der Waals surface area contributed by atoms with Crippen molar-refractivity contribution >= 4 is 21.9 Å². The Bertz CT molecular complexity index is 768. The summed E-state index contributed by atoms with van der Waals surface area (Å²) in [5, 5.41) is 0. The van der Waals surface area contributed by atoms with Gasteiger partial charge in [-0.05, 0) is 18.9 Å². The normalized spacial score (nSPS) is 14.8. The Morgan fingerprint density at radius 2 is 1.85 bits per heavy atom. The molecule has 0 spiro atoms. The van der Waals surface area contributed by atoms with E-state index in [-0.39, 0.29) is 10.6 Å². The summed E-state index contributed by atoms with van der Waals surface area (Å²) in [6.07, 6.45) is 6.03. The van der Waals surface area contributed by atoms with Gasteiger partial charge in [-0.3, -0.25) is 4.79 Å². The summed E-state index contributed by atoms with van der Waals surface area (Å²) in [5.74, 6) is -1.19. The summed E-state index contributed by atoms with van der Waals surface area (Å²) in [5.41, 5.74) is -0.0189. The van der Waals surface area contributed by atoms with Gasteiger partial charge in [0.25, 0.3) is 5.91 Å². The number of hydrogen-bond acceptors (Lipinski definition) is 5. The van der Waals surface area contributed by atoms with E-state index in [0.29, 0.717) is 26.2 Å². The van der Waals surface area contributed by atoms with Crippen LogP contribution in [0, 0.1) is 0 Å². The fourth-order valence-electron chi connectivity index (χ4n) is 2.60. The van der Waals surface area contributed by atoms with Crippen LogP contribution in [0.3, 0.4) is 0 Å². The molecule has 1 aliphatic rings. The first-order chi connectivity index (χ1) is 12.4. The Kier molecular flexibility index (Phi) is 6.76. The Hall–Kier alpha value is -2.39. The van der Waals surface area contributed by atoms with Crippen molar-refractivity contribution in [3.8, 4) is 0 Å². The number of esters is 1. The number of ether oxygens (including phenoxy) is 1. The van der Waals surface area contributed by atoms with Crippen molar-refractivity contribution in [1.82, 2.24) is 14.2 Å². The van der Waals surface area contributed by atoms with Gasteiger partial charge in [0.15, 0.2) is 6.61 Å². The van der Waals surface area contributed by atoms with Crippen LogP contribution in [-0.4, -0.2) is 67.3 Å². The van der Waals surface area contributed by atoms with E-state index in [1.807, 2.05) is 0 Å². The SMILES string of the molecule is C=CCN(CC=C)C(=O)COC(=O)c1cc(S(=O)(=O)N2CCCC2)c[nH]1. The van der Waals surface area contributed by atoms with Crippen molar-refractivity contribution in [1.29, 1.82) is 0 Å². The predicted octanol–water partition coefficient (Wildman–Crippen LogP) is 1.16. The Morgan fingerprint density at radius 3 is 2.42 bits per heavy atom. The van der Waals surface area contributed by atoms with E-state index in [9.17, 15) is 18.0 Å². The van der Waals surface area contributed by atoms with Gasteiger partial charge in [-0.15, -0.1) is 13.2 Å². The van der Waals surface area contributed by atoms with Gasteiger partial charge in [0.2, 0.25) is 10.0 Å². The van der Waals surface area contributed by atoms with Gasteiger partial charge in [-0.25, -0.2) is 13.2 Å². The van der Waals surface area contributed by atoms with Crippen LogP contribution in [0.4, 0.5) is 0 Å². The molecule has 0 radical (unpaired) electrons. The number of H-pyrrole nitrogens is 1. The molecule has 0 atom stereocenters. The lowest BCUT2D eigenvalue weighted by Gasteiger charge is -2.18. The number of carbonyl (C=O) groups is 2. The van der Waals surface area contributed by atoms with E-state index in [1.165, 1.54) is 21.5 Å². The lowest BCUT2D eigenvalue weighted by molar-refractivity contribution is -0.133. The topological polar surface area (TPSA) is 99.8 Å². The second-order valence-electron chi connectivity index (χ2n) is 5.81. The highest BCUT2D eigenvalue weighted by molar-refractivity contribution is 7.89. The number of nitrogens with one attached hydrogen (secondary N) is 1. The van der Waals surface area contributed by atoms with Crippen molar-refractivity contribution in [3.63, 3.8) is 0 Å². The summed E-state index contributed by atoms with van der Waals surface area (Å²) < 4.78 is 31.3. The van der Waals surface area contributed by atoms with Crippen LogP contribution >= 0.6 is 0 Å². The van der Waals surface area contributed by atoms with E-state index in [1.54, 1.807) is 12.2 Å². The highest BCUT2D eigenvalue weighted by Gasteiger charge is 2.29. The molecule has 1 aliphatic heterocycles. The number of carbonyl (C=O) groups excluding carboxylic acids is 2. The number of nitrogens with zero attached hydrogens (tertiary/aromatic N) is 2. The zero-order valence-electron chi connectivity index (χ0n) is 14.5. The molecule has 26 heavy (non-hydrogen) atoms. The average molecular weight is 381 g/mol. The maximum Gasteiger partial charge on any atom is 0.355 e. The van der Waals surface area contributed by atoms with Gasteiger partial charge in [-0.2, -0.15) is 4.31 Å². The summed E-state index contributed by atoms with van der Waals surface area (Å²) in [7, 11) is -3.61. The highest BCUT2D eigenvalue weighted by atomic mass is 32.2. The first-order valence-electron chi connectivity index (χ1n) is 8.25. The number of aromatic amines is 1. The molecule has 0 saturated carbocycles. The minimum Gasteiger partial charge on any atom is -0.451 e. The number of sulfonamides is 1. The van der Waals surface area contributed by atoms with Gasteiger partial charge >= 0.3 is 5.97 Å². The Balaban J connectivity index is 1.98.